The third-order valence-corrected chi connectivity index (χ3v) is 5.53. The summed E-state index contributed by atoms with van der Waals surface area (Å²) >= 11 is 0. The monoisotopic (exact) mass is 411 g/mol. The predicted octanol–water partition coefficient (Wildman–Crippen LogP) is 3.10. The predicted molar refractivity (Wildman–Crippen MR) is 120 cm³/mol. The summed E-state index contributed by atoms with van der Waals surface area (Å²) in [5.41, 5.74) is 3.06. The minimum Gasteiger partial charge on any atom is -0.508 e. The van der Waals surface area contributed by atoms with E-state index in [1.807, 2.05) is 39.3 Å². The zero-order valence-electron chi connectivity index (χ0n) is 18.3. The Kier molecular flexibility index (Phi) is 7.71. The van der Waals surface area contributed by atoms with E-state index in [1.165, 1.54) is 0 Å². The third-order valence-electron chi connectivity index (χ3n) is 5.53. The van der Waals surface area contributed by atoms with Crippen LogP contribution < -0.4 is 4.90 Å². The van der Waals surface area contributed by atoms with Crippen LogP contribution in [-0.2, 0) is 22.6 Å². The van der Waals surface area contributed by atoms with Gasteiger partial charge in [-0.25, -0.2) is 0 Å². The van der Waals surface area contributed by atoms with Gasteiger partial charge >= 0.3 is 0 Å². The van der Waals surface area contributed by atoms with Gasteiger partial charge in [0.05, 0.1) is 12.6 Å². The zero-order valence-corrected chi connectivity index (χ0v) is 18.3. The second kappa shape index (κ2) is 10.5. The number of hydrogen-bond donors (Lipinski definition) is 1. The third kappa shape index (κ3) is 6.21. The molecule has 30 heavy (non-hydrogen) atoms. The Hall–Kier alpha value is -2.57. The summed E-state index contributed by atoms with van der Waals surface area (Å²) < 4.78 is 5.79. The van der Waals surface area contributed by atoms with E-state index in [0.29, 0.717) is 26.2 Å². The second-order valence-corrected chi connectivity index (χ2v) is 8.24. The van der Waals surface area contributed by atoms with Gasteiger partial charge in [0, 0.05) is 58.6 Å². The number of amides is 1. The van der Waals surface area contributed by atoms with Crippen LogP contribution in [0.1, 0.15) is 24.0 Å². The van der Waals surface area contributed by atoms with E-state index >= 15 is 0 Å². The van der Waals surface area contributed by atoms with Crippen LogP contribution in [0.3, 0.4) is 0 Å². The fourth-order valence-electron chi connectivity index (χ4n) is 3.72. The highest BCUT2D eigenvalue weighted by atomic mass is 16.5. The van der Waals surface area contributed by atoms with Crippen molar-refractivity contribution in [2.45, 2.75) is 32.0 Å². The van der Waals surface area contributed by atoms with E-state index < -0.39 is 0 Å². The van der Waals surface area contributed by atoms with Crippen LogP contribution in [0.2, 0.25) is 0 Å². The summed E-state index contributed by atoms with van der Waals surface area (Å²) in [5, 5.41) is 10.2. The lowest BCUT2D eigenvalue weighted by Crippen LogP contribution is -2.41. The SMILES string of the molecule is CN(Cc1ccc(N(C)C)cc1)C(=O)CN(Cc1ccccc1O)CC1CCCO1. The number of aromatic hydroxyl groups is 1. The van der Waals surface area contributed by atoms with E-state index in [4.69, 9.17) is 4.74 Å². The van der Waals surface area contributed by atoms with Gasteiger partial charge in [-0.1, -0.05) is 30.3 Å². The Balaban J connectivity index is 1.62. The number of para-hydroxylation sites is 1. The van der Waals surface area contributed by atoms with E-state index in [-0.39, 0.29) is 17.8 Å². The molecule has 1 fully saturated rings. The number of carbonyl (C=O) groups excluding carboxylic acids is 1. The van der Waals surface area contributed by atoms with Crippen molar-refractivity contribution in [2.24, 2.45) is 0 Å². The summed E-state index contributed by atoms with van der Waals surface area (Å²) in [6.07, 6.45) is 2.22. The number of nitrogens with zero attached hydrogens (tertiary/aromatic N) is 3. The molecule has 6 nitrogen and oxygen atoms in total. The van der Waals surface area contributed by atoms with Crippen LogP contribution in [-0.4, -0.2) is 67.8 Å². The second-order valence-electron chi connectivity index (χ2n) is 8.24. The zero-order chi connectivity index (χ0) is 21.5. The van der Waals surface area contributed by atoms with Crippen molar-refractivity contribution in [3.8, 4) is 5.75 Å². The molecular weight excluding hydrogens is 378 g/mol. The van der Waals surface area contributed by atoms with Crippen molar-refractivity contribution in [2.75, 3.05) is 45.7 Å². The van der Waals surface area contributed by atoms with Gasteiger partial charge in [0.15, 0.2) is 0 Å². The van der Waals surface area contributed by atoms with Crippen LogP contribution in [0.4, 0.5) is 5.69 Å². The fraction of sp³-hybridized carbons (Fsp3) is 0.458. The highest BCUT2D eigenvalue weighted by molar-refractivity contribution is 5.78. The lowest BCUT2D eigenvalue weighted by Gasteiger charge is -2.27. The molecule has 2 aromatic carbocycles. The molecule has 1 aliphatic rings. The molecule has 3 rings (SSSR count). The van der Waals surface area contributed by atoms with Crippen LogP contribution in [0.25, 0.3) is 0 Å². The number of rotatable bonds is 9. The number of phenolic OH excluding ortho intramolecular Hbond substituents is 1. The molecule has 0 aliphatic carbocycles. The summed E-state index contributed by atoms with van der Waals surface area (Å²) in [6.45, 7) is 2.85. The maximum atomic E-state index is 13.0. The van der Waals surface area contributed by atoms with Crippen molar-refractivity contribution in [3.63, 3.8) is 0 Å². The number of hydrogen-bond acceptors (Lipinski definition) is 5. The molecule has 0 spiro atoms. The molecule has 2 aromatic rings. The molecular formula is C24H33N3O3. The Morgan fingerprint density at radius 3 is 2.43 bits per heavy atom. The Morgan fingerprint density at radius 2 is 1.80 bits per heavy atom. The Morgan fingerprint density at radius 1 is 1.07 bits per heavy atom. The summed E-state index contributed by atoms with van der Waals surface area (Å²) in [4.78, 5) is 18.9. The molecule has 0 bridgehead atoms. The van der Waals surface area contributed by atoms with Crippen LogP contribution >= 0.6 is 0 Å². The molecule has 1 atom stereocenters. The normalized spacial score (nSPS) is 16.1. The van der Waals surface area contributed by atoms with Crippen molar-refractivity contribution < 1.29 is 14.6 Å². The topological polar surface area (TPSA) is 56.2 Å². The van der Waals surface area contributed by atoms with Crippen molar-refractivity contribution >= 4 is 11.6 Å². The van der Waals surface area contributed by atoms with Crippen LogP contribution in [0, 0.1) is 0 Å². The van der Waals surface area contributed by atoms with Gasteiger partial charge in [-0.05, 0) is 36.6 Å². The lowest BCUT2D eigenvalue weighted by atomic mass is 10.1. The average molecular weight is 412 g/mol. The molecule has 1 amide bonds. The molecule has 1 heterocycles. The van der Waals surface area contributed by atoms with Crippen molar-refractivity contribution in [3.05, 3.63) is 59.7 Å². The number of likely N-dealkylation sites (N-methyl/N-ethyl adjacent to an activating group) is 1. The fourth-order valence-corrected chi connectivity index (χ4v) is 3.72. The molecule has 0 saturated carbocycles. The number of phenols is 1. The van der Waals surface area contributed by atoms with Gasteiger partial charge < -0.3 is 19.6 Å². The van der Waals surface area contributed by atoms with Gasteiger partial charge in [0.2, 0.25) is 5.91 Å². The molecule has 1 saturated heterocycles. The molecule has 6 heteroatoms. The van der Waals surface area contributed by atoms with Gasteiger partial charge in [0.1, 0.15) is 5.75 Å². The highest BCUT2D eigenvalue weighted by Gasteiger charge is 2.23. The van der Waals surface area contributed by atoms with E-state index in [0.717, 1.165) is 36.3 Å². The van der Waals surface area contributed by atoms with Crippen LogP contribution in [0.5, 0.6) is 5.75 Å². The Bertz CT molecular complexity index is 817. The largest absolute Gasteiger partial charge is 0.508 e. The van der Waals surface area contributed by atoms with E-state index in [9.17, 15) is 9.90 Å². The summed E-state index contributed by atoms with van der Waals surface area (Å²) in [5.74, 6) is 0.316. The number of anilines is 1. The maximum Gasteiger partial charge on any atom is 0.236 e. The first-order valence-electron chi connectivity index (χ1n) is 10.5. The Labute approximate surface area is 179 Å². The van der Waals surface area contributed by atoms with Gasteiger partial charge in [-0.3, -0.25) is 9.69 Å². The smallest absolute Gasteiger partial charge is 0.236 e. The van der Waals surface area contributed by atoms with Crippen LogP contribution in [0.15, 0.2) is 48.5 Å². The van der Waals surface area contributed by atoms with Crippen molar-refractivity contribution in [1.29, 1.82) is 0 Å². The molecule has 162 valence electrons. The molecule has 1 N–H and O–H groups in total. The molecule has 1 unspecified atom stereocenters. The minimum atomic E-state index is 0.0557. The first-order chi connectivity index (χ1) is 14.4. The minimum absolute atomic E-state index is 0.0557. The number of ether oxygens (including phenoxy) is 1. The highest BCUT2D eigenvalue weighted by Crippen LogP contribution is 2.20. The van der Waals surface area contributed by atoms with Gasteiger partial charge in [0.25, 0.3) is 0 Å². The van der Waals surface area contributed by atoms with E-state index in [2.05, 4.69) is 34.1 Å². The average Bonchev–Trinajstić information content (AvgIpc) is 3.23. The van der Waals surface area contributed by atoms with Gasteiger partial charge in [-0.2, -0.15) is 0 Å². The quantitative estimate of drug-likeness (QED) is 0.687. The summed E-state index contributed by atoms with van der Waals surface area (Å²) in [7, 11) is 5.86. The van der Waals surface area contributed by atoms with E-state index in [1.54, 1.807) is 11.0 Å². The van der Waals surface area contributed by atoms with Crippen molar-refractivity contribution in [1.82, 2.24) is 9.80 Å². The summed E-state index contributed by atoms with van der Waals surface area (Å²) in [6, 6.07) is 15.6. The number of benzene rings is 2. The molecule has 0 aromatic heterocycles. The first-order valence-corrected chi connectivity index (χ1v) is 10.5. The maximum absolute atomic E-state index is 13.0. The van der Waals surface area contributed by atoms with Gasteiger partial charge in [-0.15, -0.1) is 0 Å². The lowest BCUT2D eigenvalue weighted by molar-refractivity contribution is -0.132. The number of carbonyl (C=O) groups is 1. The molecule has 0 radical (unpaired) electrons. The standard InChI is InChI=1S/C24H33N3O3/c1-25(2)21-12-10-19(11-13-21)15-26(3)24(29)18-27(17-22-8-6-14-30-22)16-20-7-4-5-9-23(20)28/h4-5,7,9-13,22,28H,6,8,14-18H2,1-3H3. The first kappa shape index (κ1) is 22.1. The molecule has 1 aliphatic heterocycles.